The van der Waals surface area contributed by atoms with Crippen molar-refractivity contribution in [3.05, 3.63) is 0 Å². The molecule has 0 aliphatic carbocycles. The van der Waals surface area contributed by atoms with Crippen molar-refractivity contribution in [2.24, 2.45) is 0 Å². The molecule has 2 fully saturated rings. The van der Waals surface area contributed by atoms with Crippen LogP contribution in [0.3, 0.4) is 0 Å². The van der Waals surface area contributed by atoms with E-state index in [0.29, 0.717) is 12.6 Å². The molecule has 0 spiro atoms. The van der Waals surface area contributed by atoms with Crippen molar-refractivity contribution >= 4 is 5.91 Å². The van der Waals surface area contributed by atoms with Crippen molar-refractivity contribution in [1.29, 1.82) is 0 Å². The predicted octanol–water partition coefficient (Wildman–Crippen LogP) is 1.65. The number of carbonyl (C=O) groups is 1. The summed E-state index contributed by atoms with van der Waals surface area (Å²) >= 11 is 0. The summed E-state index contributed by atoms with van der Waals surface area (Å²) < 4.78 is 40.5. The lowest BCUT2D eigenvalue weighted by Gasteiger charge is -2.33. The number of nitrogens with zero attached hydrogens (tertiary/aromatic N) is 2. The van der Waals surface area contributed by atoms with Crippen LogP contribution in [-0.2, 0) is 9.53 Å². The largest absolute Gasteiger partial charge is 0.411 e. The Kier molecular flexibility index (Phi) is 4.90. The van der Waals surface area contributed by atoms with Crippen molar-refractivity contribution < 1.29 is 22.7 Å². The number of amides is 1. The minimum atomic E-state index is -4.38. The Morgan fingerprint density at radius 1 is 1.20 bits per heavy atom. The first-order valence-electron chi connectivity index (χ1n) is 7.03. The van der Waals surface area contributed by atoms with E-state index < -0.39 is 19.4 Å². The number of likely N-dealkylation sites (tertiary alicyclic amines) is 2. The molecule has 0 bridgehead atoms. The van der Waals surface area contributed by atoms with Gasteiger partial charge in [-0.1, -0.05) is 0 Å². The first-order chi connectivity index (χ1) is 9.38. The molecule has 2 saturated heterocycles. The van der Waals surface area contributed by atoms with Gasteiger partial charge in [-0.2, -0.15) is 13.2 Å². The fourth-order valence-electron chi connectivity index (χ4n) is 3.26. The van der Waals surface area contributed by atoms with E-state index in [2.05, 4.69) is 9.64 Å². The van der Waals surface area contributed by atoms with Crippen molar-refractivity contribution in [2.45, 2.75) is 43.9 Å². The maximum atomic E-state index is 12.0. The molecule has 20 heavy (non-hydrogen) atoms. The fraction of sp³-hybridized carbons (Fsp3) is 0.923. The van der Waals surface area contributed by atoms with E-state index >= 15 is 0 Å². The molecule has 0 saturated carbocycles. The van der Waals surface area contributed by atoms with Gasteiger partial charge < -0.3 is 14.5 Å². The van der Waals surface area contributed by atoms with Crippen LogP contribution in [0.1, 0.15) is 25.7 Å². The first kappa shape index (κ1) is 15.6. The van der Waals surface area contributed by atoms with Crippen LogP contribution in [0.2, 0.25) is 0 Å². The summed E-state index contributed by atoms with van der Waals surface area (Å²) in [4.78, 5) is 16.0. The molecule has 0 N–H and O–H groups in total. The van der Waals surface area contributed by atoms with E-state index in [0.717, 1.165) is 32.2 Å². The van der Waals surface area contributed by atoms with Crippen LogP contribution < -0.4 is 0 Å². The van der Waals surface area contributed by atoms with Crippen LogP contribution in [0.15, 0.2) is 0 Å². The topological polar surface area (TPSA) is 32.8 Å². The van der Waals surface area contributed by atoms with E-state index in [9.17, 15) is 18.0 Å². The Hall–Kier alpha value is -0.820. The van der Waals surface area contributed by atoms with Crippen molar-refractivity contribution in [2.75, 3.05) is 33.4 Å². The third-order valence-electron chi connectivity index (χ3n) is 4.13. The molecule has 0 unspecified atom stereocenters. The summed E-state index contributed by atoms with van der Waals surface area (Å²) in [7, 11) is 2.04. The molecule has 2 aliphatic heterocycles. The Bertz CT molecular complexity index is 349. The van der Waals surface area contributed by atoms with E-state index in [-0.39, 0.29) is 11.9 Å². The number of ether oxygens (including phenoxy) is 1. The number of halogens is 3. The molecular weight excluding hydrogens is 273 g/mol. The average molecular weight is 294 g/mol. The number of hydrogen-bond acceptors (Lipinski definition) is 3. The summed E-state index contributed by atoms with van der Waals surface area (Å²) in [5, 5.41) is 0. The van der Waals surface area contributed by atoms with Crippen molar-refractivity contribution in [3.8, 4) is 0 Å². The van der Waals surface area contributed by atoms with Gasteiger partial charge in [0.25, 0.3) is 0 Å². The Labute approximate surface area is 116 Å². The van der Waals surface area contributed by atoms with Crippen LogP contribution in [0, 0.1) is 0 Å². The highest BCUT2D eigenvalue weighted by atomic mass is 19.4. The molecule has 116 valence electrons. The zero-order valence-corrected chi connectivity index (χ0v) is 11.7. The van der Waals surface area contributed by atoms with Gasteiger partial charge in [0.1, 0.15) is 13.2 Å². The lowest BCUT2D eigenvalue weighted by atomic mass is 10.0. The first-order valence-corrected chi connectivity index (χ1v) is 7.03. The molecule has 2 rings (SSSR count). The zero-order chi connectivity index (χ0) is 14.8. The highest BCUT2D eigenvalue weighted by Crippen LogP contribution is 2.29. The van der Waals surface area contributed by atoms with E-state index in [4.69, 9.17) is 0 Å². The number of rotatable bonds is 4. The van der Waals surface area contributed by atoms with Gasteiger partial charge >= 0.3 is 6.18 Å². The van der Waals surface area contributed by atoms with Crippen molar-refractivity contribution in [1.82, 2.24) is 9.80 Å². The van der Waals surface area contributed by atoms with Gasteiger partial charge in [0.05, 0.1) is 0 Å². The smallest absolute Gasteiger partial charge is 0.362 e. The molecule has 0 aromatic rings. The highest BCUT2D eigenvalue weighted by Gasteiger charge is 2.38. The van der Waals surface area contributed by atoms with E-state index in [1.807, 2.05) is 7.05 Å². The highest BCUT2D eigenvalue weighted by molar-refractivity contribution is 5.78. The number of alkyl halides is 3. The second-order valence-electron chi connectivity index (χ2n) is 5.59. The van der Waals surface area contributed by atoms with Gasteiger partial charge in [-0.05, 0) is 39.3 Å². The normalized spacial score (nSPS) is 28.3. The molecule has 1 amide bonds. The van der Waals surface area contributed by atoms with E-state index in [1.165, 1.54) is 0 Å². The lowest BCUT2D eigenvalue weighted by Crippen LogP contribution is -2.48. The quantitative estimate of drug-likeness (QED) is 0.790. The van der Waals surface area contributed by atoms with Crippen molar-refractivity contribution in [3.63, 3.8) is 0 Å². The number of hydrogen-bond donors (Lipinski definition) is 0. The monoisotopic (exact) mass is 294 g/mol. The molecule has 2 aliphatic rings. The molecule has 7 heteroatoms. The van der Waals surface area contributed by atoms with Crippen LogP contribution in [0.5, 0.6) is 0 Å². The predicted molar refractivity (Wildman–Crippen MR) is 67.3 cm³/mol. The molecule has 0 aromatic heterocycles. The Morgan fingerprint density at radius 3 is 2.45 bits per heavy atom. The Morgan fingerprint density at radius 2 is 1.85 bits per heavy atom. The zero-order valence-electron chi connectivity index (χ0n) is 11.7. The molecule has 0 aromatic carbocycles. The maximum Gasteiger partial charge on any atom is 0.411 e. The van der Waals surface area contributed by atoms with Crippen LogP contribution in [-0.4, -0.2) is 67.3 Å². The van der Waals surface area contributed by atoms with Gasteiger partial charge in [-0.3, -0.25) is 4.79 Å². The standard InChI is InChI=1S/C13H21F3N2O2/c1-17-6-2-4-10(17)11-5-3-7-18(11)12(19)8-20-9-13(14,15)16/h10-11H,2-9H2,1H3/t10-,11+/m0/s1. The second-order valence-corrected chi connectivity index (χ2v) is 5.59. The van der Waals surface area contributed by atoms with Gasteiger partial charge in [0, 0.05) is 18.6 Å². The van der Waals surface area contributed by atoms with Gasteiger partial charge in [-0.15, -0.1) is 0 Å². The Balaban J connectivity index is 1.85. The average Bonchev–Trinajstić information content (AvgIpc) is 2.94. The van der Waals surface area contributed by atoms with Gasteiger partial charge in [-0.25, -0.2) is 0 Å². The molecule has 2 heterocycles. The number of carbonyl (C=O) groups excluding carboxylic acids is 1. The van der Waals surface area contributed by atoms with Crippen LogP contribution >= 0.6 is 0 Å². The second kappa shape index (κ2) is 6.30. The van der Waals surface area contributed by atoms with Gasteiger partial charge in [0.15, 0.2) is 0 Å². The minimum absolute atomic E-state index is 0.129. The maximum absolute atomic E-state index is 12.0. The van der Waals surface area contributed by atoms with Gasteiger partial charge in [0.2, 0.25) is 5.91 Å². The summed E-state index contributed by atoms with van der Waals surface area (Å²) in [6.07, 6.45) is -0.366. The molecule has 0 radical (unpaired) electrons. The van der Waals surface area contributed by atoms with Crippen LogP contribution in [0.4, 0.5) is 13.2 Å². The summed E-state index contributed by atoms with van der Waals surface area (Å²) in [5.41, 5.74) is 0. The SMILES string of the molecule is CN1CCC[C@H]1[C@H]1CCCN1C(=O)COCC(F)(F)F. The fourth-order valence-corrected chi connectivity index (χ4v) is 3.26. The van der Waals surface area contributed by atoms with Crippen LogP contribution in [0.25, 0.3) is 0 Å². The third-order valence-corrected chi connectivity index (χ3v) is 4.13. The molecule has 2 atom stereocenters. The molecule has 4 nitrogen and oxygen atoms in total. The summed E-state index contributed by atoms with van der Waals surface area (Å²) in [5.74, 6) is -0.322. The lowest BCUT2D eigenvalue weighted by molar-refractivity contribution is -0.178. The van der Waals surface area contributed by atoms with E-state index in [1.54, 1.807) is 4.90 Å². The third kappa shape index (κ3) is 3.85. The molecular formula is C13H21F3N2O2. The number of likely N-dealkylation sites (N-methyl/N-ethyl adjacent to an activating group) is 1. The summed E-state index contributed by atoms with van der Waals surface area (Å²) in [6.45, 7) is -0.190. The minimum Gasteiger partial charge on any atom is -0.362 e. The summed E-state index contributed by atoms with van der Waals surface area (Å²) in [6, 6.07) is 0.466.